The van der Waals surface area contributed by atoms with E-state index >= 15 is 0 Å². The minimum atomic E-state index is -4.03. The molecule has 0 unspecified atom stereocenters. The predicted molar refractivity (Wildman–Crippen MR) is 125 cm³/mol. The van der Waals surface area contributed by atoms with Crippen molar-refractivity contribution in [2.45, 2.75) is 30.3 Å². The molecular formula is C23H19BrN4O4S. The number of nitrogens with zero attached hydrogens (tertiary/aromatic N) is 2. The van der Waals surface area contributed by atoms with E-state index < -0.39 is 27.7 Å². The van der Waals surface area contributed by atoms with Crippen LogP contribution in [0.25, 0.3) is 11.1 Å². The van der Waals surface area contributed by atoms with Crippen LogP contribution in [0.4, 0.5) is 0 Å². The molecule has 4 aromatic rings. The summed E-state index contributed by atoms with van der Waals surface area (Å²) >= 11 is 3.26. The van der Waals surface area contributed by atoms with Gasteiger partial charge in [0, 0.05) is 16.6 Å². The van der Waals surface area contributed by atoms with Crippen molar-refractivity contribution >= 4 is 26.0 Å². The first-order chi connectivity index (χ1) is 15.8. The fourth-order valence-electron chi connectivity index (χ4n) is 4.28. The standard InChI is InChI=1S/C23H19BrN4O4S/c1-13(16-7-4-8-18-17-6-3-2-5-14(17)11-19(16)18)21(22-26-27-23(29)32-22)28-33(30,31)20-10-9-15(24)12-25-20/h2-10,12-13,21,28H,11H2,1H3,(H,27,29)/t13-,21+/m1/s1. The van der Waals surface area contributed by atoms with Crippen LogP contribution in [0.1, 0.15) is 41.5 Å². The molecule has 1 aliphatic carbocycles. The van der Waals surface area contributed by atoms with Crippen molar-refractivity contribution in [1.29, 1.82) is 0 Å². The van der Waals surface area contributed by atoms with Crippen molar-refractivity contribution in [3.63, 3.8) is 0 Å². The number of pyridine rings is 1. The maximum Gasteiger partial charge on any atom is 0.434 e. The van der Waals surface area contributed by atoms with Gasteiger partial charge in [-0.3, -0.25) is 0 Å². The summed E-state index contributed by atoms with van der Waals surface area (Å²) in [4.78, 5) is 15.7. The molecular weight excluding hydrogens is 508 g/mol. The van der Waals surface area contributed by atoms with Crippen LogP contribution in [0.2, 0.25) is 0 Å². The summed E-state index contributed by atoms with van der Waals surface area (Å²) in [5.74, 6) is -1.19. The molecule has 0 saturated carbocycles. The number of benzene rings is 2. The molecule has 0 saturated heterocycles. The van der Waals surface area contributed by atoms with Crippen molar-refractivity contribution in [2.75, 3.05) is 0 Å². The average Bonchev–Trinajstić information content (AvgIpc) is 3.40. The van der Waals surface area contributed by atoms with Gasteiger partial charge in [0.25, 0.3) is 10.0 Å². The molecule has 5 rings (SSSR count). The van der Waals surface area contributed by atoms with Crippen LogP contribution < -0.4 is 10.5 Å². The Morgan fingerprint density at radius 2 is 1.88 bits per heavy atom. The van der Waals surface area contributed by atoms with Crippen LogP contribution in [0.3, 0.4) is 0 Å². The normalized spacial score (nSPS) is 14.5. The first kappa shape index (κ1) is 21.7. The number of aromatic nitrogens is 3. The van der Waals surface area contributed by atoms with Crippen LogP contribution in [-0.2, 0) is 16.4 Å². The SMILES string of the molecule is C[C@H](c1cccc2c1Cc1ccccc1-2)[C@H](NS(=O)(=O)c1ccc(Br)cn1)c1n[nH]c(=O)o1. The molecule has 10 heteroatoms. The van der Waals surface area contributed by atoms with E-state index in [1.54, 1.807) is 6.07 Å². The van der Waals surface area contributed by atoms with E-state index in [1.165, 1.54) is 23.4 Å². The van der Waals surface area contributed by atoms with Gasteiger partial charge in [-0.15, -0.1) is 5.10 Å². The summed E-state index contributed by atoms with van der Waals surface area (Å²) in [7, 11) is -4.03. The number of hydrogen-bond donors (Lipinski definition) is 2. The van der Waals surface area contributed by atoms with Gasteiger partial charge in [-0.1, -0.05) is 49.4 Å². The van der Waals surface area contributed by atoms with Gasteiger partial charge in [-0.2, -0.15) is 4.72 Å². The van der Waals surface area contributed by atoms with Gasteiger partial charge in [0.05, 0.1) is 0 Å². The highest BCUT2D eigenvalue weighted by atomic mass is 79.9. The second kappa shape index (κ2) is 8.36. The van der Waals surface area contributed by atoms with Gasteiger partial charge in [0.2, 0.25) is 5.89 Å². The van der Waals surface area contributed by atoms with Crippen LogP contribution in [0, 0.1) is 0 Å². The van der Waals surface area contributed by atoms with Crippen LogP contribution in [-0.4, -0.2) is 23.6 Å². The van der Waals surface area contributed by atoms with Gasteiger partial charge in [-0.25, -0.2) is 23.3 Å². The number of H-pyrrole nitrogens is 1. The highest BCUT2D eigenvalue weighted by Gasteiger charge is 2.34. The number of hydrogen-bond acceptors (Lipinski definition) is 6. The summed E-state index contributed by atoms with van der Waals surface area (Å²) in [5, 5.41) is 6.01. The second-order valence-electron chi connectivity index (χ2n) is 7.86. The third-order valence-electron chi connectivity index (χ3n) is 5.86. The molecule has 0 aliphatic heterocycles. The maximum absolute atomic E-state index is 13.1. The van der Waals surface area contributed by atoms with Gasteiger partial charge in [-0.05, 0) is 62.3 Å². The Labute approximate surface area is 198 Å². The molecule has 2 N–H and O–H groups in total. The van der Waals surface area contributed by atoms with Gasteiger partial charge in [0.1, 0.15) is 6.04 Å². The molecule has 8 nitrogen and oxygen atoms in total. The molecule has 2 atom stereocenters. The Morgan fingerprint density at radius 1 is 1.09 bits per heavy atom. The number of nitrogens with one attached hydrogen (secondary N) is 2. The van der Waals surface area contributed by atoms with Crippen molar-refractivity contribution in [3.8, 4) is 11.1 Å². The number of fused-ring (bicyclic) bond motifs is 3. The molecule has 2 heterocycles. The van der Waals surface area contributed by atoms with Gasteiger partial charge in [0.15, 0.2) is 5.03 Å². The topological polar surface area (TPSA) is 118 Å². The highest BCUT2D eigenvalue weighted by molar-refractivity contribution is 9.10. The van der Waals surface area contributed by atoms with Crippen LogP contribution >= 0.6 is 15.9 Å². The average molecular weight is 527 g/mol. The quantitative estimate of drug-likeness (QED) is 0.346. The van der Waals surface area contributed by atoms with Crippen molar-refractivity contribution in [1.82, 2.24) is 19.9 Å². The summed E-state index contributed by atoms with van der Waals surface area (Å²) in [6.07, 6.45) is 2.15. The number of rotatable bonds is 6. The lowest BCUT2D eigenvalue weighted by molar-refractivity contribution is 0.381. The first-order valence-electron chi connectivity index (χ1n) is 10.2. The largest absolute Gasteiger partial charge is 0.434 e. The van der Waals surface area contributed by atoms with Gasteiger partial charge >= 0.3 is 5.76 Å². The Morgan fingerprint density at radius 3 is 2.61 bits per heavy atom. The molecule has 0 amide bonds. The summed E-state index contributed by atoms with van der Waals surface area (Å²) in [6, 6.07) is 16.2. The molecule has 2 aromatic carbocycles. The number of halogens is 1. The molecule has 168 valence electrons. The zero-order chi connectivity index (χ0) is 23.2. The minimum Gasteiger partial charge on any atom is -0.391 e. The summed E-state index contributed by atoms with van der Waals surface area (Å²) in [5.41, 5.74) is 5.58. The van der Waals surface area contributed by atoms with Crippen molar-refractivity contribution < 1.29 is 12.8 Å². The fraction of sp³-hybridized carbons (Fsp3) is 0.174. The Balaban J connectivity index is 1.56. The lowest BCUT2D eigenvalue weighted by Crippen LogP contribution is -2.33. The molecule has 33 heavy (non-hydrogen) atoms. The maximum atomic E-state index is 13.1. The Bertz CT molecular complexity index is 1500. The van der Waals surface area contributed by atoms with Gasteiger partial charge < -0.3 is 4.42 Å². The molecule has 0 bridgehead atoms. The molecule has 0 radical (unpaired) electrons. The predicted octanol–water partition coefficient (Wildman–Crippen LogP) is 3.91. The fourth-order valence-corrected chi connectivity index (χ4v) is 5.71. The van der Waals surface area contributed by atoms with E-state index in [1.807, 2.05) is 31.2 Å². The smallest absolute Gasteiger partial charge is 0.391 e. The highest BCUT2D eigenvalue weighted by Crippen LogP contribution is 2.42. The summed E-state index contributed by atoms with van der Waals surface area (Å²) in [6.45, 7) is 1.88. The lowest BCUT2D eigenvalue weighted by Gasteiger charge is -2.24. The van der Waals surface area contributed by atoms with Crippen LogP contribution in [0.5, 0.6) is 0 Å². The third-order valence-corrected chi connectivity index (χ3v) is 7.68. The zero-order valence-electron chi connectivity index (χ0n) is 17.4. The summed E-state index contributed by atoms with van der Waals surface area (Å²) < 4.78 is 34.8. The Hall–Kier alpha value is -3.08. The van der Waals surface area contributed by atoms with E-state index in [0.717, 1.165) is 23.1 Å². The molecule has 0 fully saturated rings. The van der Waals surface area contributed by atoms with E-state index in [4.69, 9.17) is 4.42 Å². The third kappa shape index (κ3) is 4.05. The van der Waals surface area contributed by atoms with Crippen molar-refractivity contribution in [2.24, 2.45) is 0 Å². The van der Waals surface area contributed by atoms with E-state index in [9.17, 15) is 13.2 Å². The van der Waals surface area contributed by atoms with E-state index in [0.29, 0.717) is 4.47 Å². The Kier molecular flexibility index (Phi) is 5.51. The second-order valence-corrected chi connectivity index (χ2v) is 10.4. The minimum absolute atomic E-state index is 0.0405. The molecule has 1 aliphatic rings. The molecule has 0 spiro atoms. The monoisotopic (exact) mass is 526 g/mol. The van der Waals surface area contributed by atoms with E-state index in [2.05, 4.69) is 54.0 Å². The number of aromatic amines is 1. The van der Waals surface area contributed by atoms with Crippen LogP contribution in [0.15, 0.2) is 79.5 Å². The van der Waals surface area contributed by atoms with Crippen molar-refractivity contribution in [3.05, 3.63) is 98.4 Å². The zero-order valence-corrected chi connectivity index (χ0v) is 19.9. The first-order valence-corrected chi connectivity index (χ1v) is 12.5. The lowest BCUT2D eigenvalue weighted by atomic mass is 9.88. The molecule has 2 aromatic heterocycles. The van der Waals surface area contributed by atoms with E-state index in [-0.39, 0.29) is 10.9 Å². The number of sulfonamides is 1.